The van der Waals surface area contributed by atoms with Gasteiger partial charge in [0.25, 0.3) is 5.91 Å². The molecule has 0 radical (unpaired) electrons. The van der Waals surface area contributed by atoms with Gasteiger partial charge in [0, 0.05) is 16.6 Å². The quantitative estimate of drug-likeness (QED) is 0.482. The summed E-state index contributed by atoms with van der Waals surface area (Å²) in [6.45, 7) is 0. The van der Waals surface area contributed by atoms with Crippen LogP contribution in [0.1, 0.15) is 16.8 Å². The Morgan fingerprint density at radius 2 is 1.48 bits per heavy atom. The van der Waals surface area contributed by atoms with Crippen molar-refractivity contribution in [3.8, 4) is 0 Å². The number of rotatable bonds is 3. The van der Waals surface area contributed by atoms with Crippen LogP contribution in [0.25, 0.3) is 10.8 Å². The molecule has 3 fully saturated rings. The molecule has 1 aliphatic heterocycles. The van der Waals surface area contributed by atoms with Gasteiger partial charge in [0.1, 0.15) is 0 Å². The summed E-state index contributed by atoms with van der Waals surface area (Å²) in [5.41, 5.74) is 1.63. The molecule has 0 unspecified atom stereocenters. The maximum atomic E-state index is 13.4. The van der Waals surface area contributed by atoms with E-state index >= 15 is 0 Å². The lowest BCUT2D eigenvalue weighted by atomic mass is 9.63. The maximum Gasteiger partial charge on any atom is 0.255 e. The highest BCUT2D eigenvalue weighted by Crippen LogP contribution is 2.65. The van der Waals surface area contributed by atoms with Crippen LogP contribution >= 0.6 is 0 Å². The number of carbonyl (C=O) groups excluding carboxylic acids is 3. The first-order chi connectivity index (χ1) is 16.1. The zero-order chi connectivity index (χ0) is 22.3. The minimum atomic E-state index is -0.271. The van der Waals surface area contributed by atoms with Gasteiger partial charge in [-0.15, -0.1) is 0 Å². The first-order valence-electron chi connectivity index (χ1n) is 11.6. The molecule has 0 spiro atoms. The monoisotopic (exact) mass is 434 g/mol. The molecule has 3 amide bonds. The molecule has 8 rings (SSSR count). The van der Waals surface area contributed by atoms with Crippen molar-refractivity contribution in [1.82, 2.24) is 0 Å². The van der Waals surface area contributed by atoms with Crippen molar-refractivity contribution in [3.63, 3.8) is 0 Å². The standard InChI is InChI=1S/C28H22N2O3/c31-26(29-23-10-4-6-15-5-1-2-9-18(15)23)16-7-3-8-17(13-16)30-27(32)24-19-11-12-20(22-14-21(19)22)25(24)28(30)33/h1-13,19-22,24-25H,14H2,(H,29,31)/t19-,20-,21-,22-,24-,25+/m0/s1. The number of allylic oxidation sites excluding steroid dienone is 2. The number of amides is 3. The third-order valence-electron chi connectivity index (χ3n) is 8.07. The average molecular weight is 434 g/mol. The van der Waals surface area contributed by atoms with E-state index in [0.717, 1.165) is 22.9 Å². The highest BCUT2D eigenvalue weighted by molar-refractivity contribution is 6.23. The minimum Gasteiger partial charge on any atom is -0.321 e. The van der Waals surface area contributed by atoms with E-state index in [9.17, 15) is 14.4 Å². The van der Waals surface area contributed by atoms with Crippen molar-refractivity contribution in [2.75, 3.05) is 10.2 Å². The Balaban J connectivity index is 1.19. The van der Waals surface area contributed by atoms with Crippen molar-refractivity contribution < 1.29 is 14.4 Å². The number of carbonyl (C=O) groups is 3. The van der Waals surface area contributed by atoms with E-state index in [-0.39, 0.29) is 41.4 Å². The molecular weight excluding hydrogens is 412 g/mol. The van der Waals surface area contributed by atoms with Gasteiger partial charge < -0.3 is 5.32 Å². The van der Waals surface area contributed by atoms with E-state index in [4.69, 9.17) is 0 Å². The van der Waals surface area contributed by atoms with Crippen LogP contribution in [-0.2, 0) is 9.59 Å². The second-order valence-electron chi connectivity index (χ2n) is 9.70. The SMILES string of the molecule is O=C(Nc1cccc2ccccc12)c1cccc(N2C(=O)[C@@H]3[C@H]4C=C[C@@H]([C@@H]5C[C@@H]45)[C@@H]3C2=O)c1. The highest BCUT2D eigenvalue weighted by Gasteiger charge is 2.67. The van der Waals surface area contributed by atoms with Gasteiger partial charge in [-0.2, -0.15) is 0 Å². The van der Waals surface area contributed by atoms with Gasteiger partial charge in [-0.1, -0.05) is 54.6 Å². The van der Waals surface area contributed by atoms with E-state index in [2.05, 4.69) is 17.5 Å². The number of nitrogens with one attached hydrogen (secondary N) is 1. The number of anilines is 2. The summed E-state index contributed by atoms with van der Waals surface area (Å²) >= 11 is 0. The fourth-order valence-corrected chi connectivity index (χ4v) is 6.53. The van der Waals surface area contributed by atoms with Crippen LogP contribution in [-0.4, -0.2) is 17.7 Å². The molecular formula is C28H22N2O3. The number of hydrogen-bond acceptors (Lipinski definition) is 3. The van der Waals surface area contributed by atoms with Crippen molar-refractivity contribution >= 4 is 39.9 Å². The lowest BCUT2D eigenvalue weighted by Crippen LogP contribution is -2.40. The summed E-state index contributed by atoms with van der Waals surface area (Å²) in [4.78, 5) is 41.2. The van der Waals surface area contributed by atoms with Gasteiger partial charge in [0.2, 0.25) is 11.8 Å². The van der Waals surface area contributed by atoms with Crippen LogP contribution in [0.3, 0.4) is 0 Å². The molecule has 1 heterocycles. The third-order valence-corrected chi connectivity index (χ3v) is 8.07. The van der Waals surface area contributed by atoms with Crippen molar-refractivity contribution in [3.05, 3.63) is 84.4 Å². The summed E-state index contributed by atoms with van der Waals surface area (Å²) in [6.07, 6.45) is 5.48. The fraction of sp³-hybridized carbons (Fsp3) is 0.250. The summed E-state index contributed by atoms with van der Waals surface area (Å²) in [6, 6.07) is 20.5. The first-order valence-corrected chi connectivity index (χ1v) is 11.6. The summed E-state index contributed by atoms with van der Waals surface area (Å²) in [5.74, 6) is 0.518. The molecule has 5 nitrogen and oxygen atoms in total. The molecule has 6 atom stereocenters. The number of hydrogen-bond donors (Lipinski definition) is 1. The third kappa shape index (κ3) is 2.62. The smallest absolute Gasteiger partial charge is 0.255 e. The Hall–Kier alpha value is -3.73. The summed E-state index contributed by atoms with van der Waals surface area (Å²) in [7, 11) is 0. The van der Waals surface area contributed by atoms with Crippen LogP contribution in [0.2, 0.25) is 0 Å². The molecule has 5 heteroatoms. The molecule has 1 saturated heterocycles. The second kappa shape index (κ2) is 6.64. The van der Waals surface area contributed by atoms with E-state index in [1.807, 2.05) is 42.5 Å². The van der Waals surface area contributed by atoms with E-state index in [1.165, 1.54) is 4.90 Å². The normalized spacial score (nSPS) is 31.0. The van der Waals surface area contributed by atoms with Gasteiger partial charge in [0.15, 0.2) is 0 Å². The Labute approximate surface area is 191 Å². The lowest BCUT2D eigenvalue weighted by molar-refractivity contribution is -0.124. The molecule has 33 heavy (non-hydrogen) atoms. The molecule has 2 saturated carbocycles. The molecule has 162 valence electrons. The van der Waals surface area contributed by atoms with Gasteiger partial charge in [-0.25, -0.2) is 4.90 Å². The van der Waals surface area contributed by atoms with Gasteiger partial charge in [-0.3, -0.25) is 14.4 Å². The van der Waals surface area contributed by atoms with Crippen molar-refractivity contribution in [1.29, 1.82) is 0 Å². The number of imide groups is 1. The Kier molecular flexibility index (Phi) is 3.78. The Bertz CT molecular complexity index is 1350. The minimum absolute atomic E-state index is 0.110. The van der Waals surface area contributed by atoms with Crippen LogP contribution < -0.4 is 10.2 Å². The number of fused-ring (bicyclic) bond motifs is 1. The van der Waals surface area contributed by atoms with Crippen LogP contribution in [0.4, 0.5) is 11.4 Å². The molecule has 3 aromatic carbocycles. The van der Waals surface area contributed by atoms with E-state index in [1.54, 1.807) is 24.3 Å². The predicted molar refractivity (Wildman–Crippen MR) is 126 cm³/mol. The van der Waals surface area contributed by atoms with Gasteiger partial charge >= 0.3 is 0 Å². The Morgan fingerprint density at radius 3 is 2.24 bits per heavy atom. The maximum absolute atomic E-state index is 13.4. The summed E-state index contributed by atoms with van der Waals surface area (Å²) in [5, 5.41) is 4.99. The molecule has 2 bridgehead atoms. The van der Waals surface area contributed by atoms with Crippen LogP contribution in [0.5, 0.6) is 0 Å². The van der Waals surface area contributed by atoms with Crippen molar-refractivity contribution in [2.24, 2.45) is 35.5 Å². The molecule has 1 N–H and O–H groups in total. The van der Waals surface area contributed by atoms with Gasteiger partial charge in [0.05, 0.1) is 17.5 Å². The number of nitrogens with zero attached hydrogens (tertiary/aromatic N) is 1. The fourth-order valence-electron chi connectivity index (χ4n) is 6.53. The molecule has 3 aromatic rings. The second-order valence-corrected chi connectivity index (χ2v) is 9.70. The first kappa shape index (κ1) is 18.8. The zero-order valence-corrected chi connectivity index (χ0v) is 17.8. The average Bonchev–Trinajstić information content (AvgIpc) is 3.62. The van der Waals surface area contributed by atoms with E-state index in [0.29, 0.717) is 23.1 Å². The zero-order valence-electron chi connectivity index (χ0n) is 17.8. The van der Waals surface area contributed by atoms with Gasteiger partial charge in [-0.05, 0) is 59.7 Å². The molecule has 4 aliphatic carbocycles. The van der Waals surface area contributed by atoms with Crippen molar-refractivity contribution in [2.45, 2.75) is 6.42 Å². The largest absolute Gasteiger partial charge is 0.321 e. The molecule has 0 aromatic heterocycles. The van der Waals surface area contributed by atoms with Crippen LogP contribution in [0.15, 0.2) is 78.9 Å². The lowest BCUT2D eigenvalue weighted by Gasteiger charge is -2.37. The molecule has 5 aliphatic rings. The topological polar surface area (TPSA) is 66.5 Å². The predicted octanol–water partition coefficient (Wildman–Crippen LogP) is 4.65. The number of benzene rings is 3. The Morgan fingerprint density at radius 1 is 0.818 bits per heavy atom. The van der Waals surface area contributed by atoms with E-state index < -0.39 is 0 Å². The summed E-state index contributed by atoms with van der Waals surface area (Å²) < 4.78 is 0. The van der Waals surface area contributed by atoms with Crippen LogP contribution in [0, 0.1) is 35.5 Å². The highest BCUT2D eigenvalue weighted by atomic mass is 16.2.